The van der Waals surface area contributed by atoms with Crippen LogP contribution in [0.3, 0.4) is 0 Å². The molecular weight excluding hydrogens is 429 g/mol. The van der Waals surface area contributed by atoms with Crippen LogP contribution in [-0.2, 0) is 25.9 Å². The molecule has 0 spiro atoms. The molecule has 0 aromatic heterocycles. The van der Waals surface area contributed by atoms with E-state index in [2.05, 4.69) is 65.5 Å². The molecule has 1 rings (SSSR count). The lowest BCUT2D eigenvalue weighted by atomic mass is 10.5. The maximum absolute atomic E-state index is 6.56. The topological polar surface area (TPSA) is 58.7 Å². The minimum Gasteiger partial charge on any atom is -0.437 e. The van der Waals surface area contributed by atoms with Gasteiger partial charge in [-0.05, 0) is 77.9 Å². The quantitative estimate of drug-likeness (QED) is 0.216. The second-order valence-electron chi connectivity index (χ2n) is 9.90. The lowest BCUT2D eigenvalue weighted by Gasteiger charge is -2.38. The Labute approximate surface area is 172 Å². The normalized spacial score (nSPS) is 21.8. The van der Waals surface area contributed by atoms with Gasteiger partial charge in [-0.15, -0.1) is 0 Å². The number of hydrogen-bond acceptors (Lipinski definition) is 6. The Morgan fingerprint density at radius 1 is 0.889 bits per heavy atom. The van der Waals surface area contributed by atoms with Crippen LogP contribution in [0, 0.1) is 0 Å². The summed E-state index contributed by atoms with van der Waals surface area (Å²) in [7, 11) is -9.64. The molecule has 1 saturated heterocycles. The van der Waals surface area contributed by atoms with E-state index in [1.165, 1.54) is 0 Å². The molecule has 1 aliphatic rings. The number of rotatable bonds is 14. The van der Waals surface area contributed by atoms with Gasteiger partial charge in [-0.25, -0.2) is 0 Å². The van der Waals surface area contributed by atoms with Crippen molar-refractivity contribution in [1.29, 1.82) is 0 Å². The van der Waals surface area contributed by atoms with E-state index in [-0.39, 0.29) is 0 Å². The molecule has 162 valence electrons. The molecule has 11 heteroatoms. The molecule has 1 aliphatic heterocycles. The SMILES string of the molecule is C[SiH](O[Si](C)(C)O[Si](C)(C)C)O[Si](C)(CCCOCC1CO1)O[Si](C)(C)C. The second kappa shape index (κ2) is 10.2. The summed E-state index contributed by atoms with van der Waals surface area (Å²) in [5.74, 6) is 0. The van der Waals surface area contributed by atoms with E-state index in [0.717, 1.165) is 25.7 Å². The Morgan fingerprint density at radius 3 is 1.93 bits per heavy atom. The molecule has 3 atom stereocenters. The highest BCUT2D eigenvalue weighted by Gasteiger charge is 2.40. The van der Waals surface area contributed by atoms with Crippen LogP contribution in [0.2, 0.25) is 71.5 Å². The predicted octanol–water partition coefficient (Wildman–Crippen LogP) is 4.15. The highest BCUT2D eigenvalue weighted by molar-refractivity contribution is 6.86. The molecule has 0 aromatic rings. The summed E-state index contributed by atoms with van der Waals surface area (Å²) in [5.41, 5.74) is 0. The molecule has 0 N–H and O–H groups in total. The van der Waals surface area contributed by atoms with E-state index in [4.69, 9.17) is 25.9 Å². The van der Waals surface area contributed by atoms with Crippen molar-refractivity contribution in [3.8, 4) is 0 Å². The first-order chi connectivity index (χ1) is 12.1. The van der Waals surface area contributed by atoms with Crippen molar-refractivity contribution in [3.63, 3.8) is 0 Å². The lowest BCUT2D eigenvalue weighted by Crippen LogP contribution is -2.54. The largest absolute Gasteiger partial charge is 0.437 e. The van der Waals surface area contributed by atoms with Crippen LogP contribution < -0.4 is 0 Å². The third-order valence-corrected chi connectivity index (χ3v) is 20.3. The summed E-state index contributed by atoms with van der Waals surface area (Å²) >= 11 is 0. The Balaban J connectivity index is 2.57. The summed E-state index contributed by atoms with van der Waals surface area (Å²) in [6, 6.07) is 0.931. The van der Waals surface area contributed by atoms with Gasteiger partial charge in [-0.2, -0.15) is 0 Å². The molecule has 0 amide bonds. The van der Waals surface area contributed by atoms with E-state index < -0.39 is 43.0 Å². The monoisotopic (exact) mass is 470 g/mol. The van der Waals surface area contributed by atoms with Crippen LogP contribution in [0.25, 0.3) is 0 Å². The van der Waals surface area contributed by atoms with Gasteiger partial charge in [0.05, 0.1) is 13.2 Å². The van der Waals surface area contributed by atoms with Crippen molar-refractivity contribution in [3.05, 3.63) is 0 Å². The highest BCUT2D eigenvalue weighted by Crippen LogP contribution is 2.24. The van der Waals surface area contributed by atoms with Gasteiger partial charge < -0.3 is 25.9 Å². The van der Waals surface area contributed by atoms with Crippen molar-refractivity contribution < 1.29 is 25.9 Å². The molecule has 6 nitrogen and oxygen atoms in total. The van der Waals surface area contributed by atoms with Crippen LogP contribution in [0.4, 0.5) is 0 Å². The molecule has 27 heavy (non-hydrogen) atoms. The first-order valence-electron chi connectivity index (χ1n) is 10.0. The molecule has 0 aromatic carbocycles. The van der Waals surface area contributed by atoms with Gasteiger partial charge in [0.25, 0.3) is 0 Å². The molecule has 0 bridgehead atoms. The van der Waals surface area contributed by atoms with Gasteiger partial charge in [-0.3, -0.25) is 0 Å². The number of ether oxygens (including phenoxy) is 2. The zero-order valence-electron chi connectivity index (χ0n) is 19.1. The lowest BCUT2D eigenvalue weighted by molar-refractivity contribution is 0.116. The summed E-state index contributed by atoms with van der Waals surface area (Å²) < 4.78 is 36.7. The Hall–Kier alpha value is 0.844. The Bertz CT molecular complexity index is 450. The van der Waals surface area contributed by atoms with E-state index >= 15 is 0 Å². The van der Waals surface area contributed by atoms with Crippen molar-refractivity contribution in [2.24, 2.45) is 0 Å². The molecule has 0 aliphatic carbocycles. The molecule has 1 fully saturated rings. The van der Waals surface area contributed by atoms with Crippen LogP contribution in [0.15, 0.2) is 0 Å². The minimum absolute atomic E-state index is 0.322. The predicted molar refractivity (Wildman–Crippen MR) is 123 cm³/mol. The van der Waals surface area contributed by atoms with Crippen molar-refractivity contribution >= 4 is 43.0 Å². The molecular formula is C16H42O6Si5. The van der Waals surface area contributed by atoms with Gasteiger partial charge in [0, 0.05) is 6.61 Å². The van der Waals surface area contributed by atoms with Gasteiger partial charge in [0.1, 0.15) is 6.10 Å². The van der Waals surface area contributed by atoms with Gasteiger partial charge in [0.15, 0.2) is 16.6 Å². The van der Waals surface area contributed by atoms with Crippen LogP contribution in [-0.4, -0.2) is 69.0 Å². The number of epoxide rings is 1. The zero-order valence-corrected chi connectivity index (χ0v) is 24.3. The standard InChI is InChI=1S/C16H42O6Si5/c1-23(19-26(8,9)21-24(2,3)4)20-27(10,22-25(5,6)7)13-11-12-17-14-16-15-18-16/h16,23H,11-15H2,1-10H3. The smallest absolute Gasteiger partial charge is 0.315 e. The Morgan fingerprint density at radius 2 is 1.44 bits per heavy atom. The van der Waals surface area contributed by atoms with Crippen LogP contribution in [0.1, 0.15) is 6.42 Å². The van der Waals surface area contributed by atoms with Gasteiger partial charge in [0.2, 0.25) is 0 Å². The molecule has 0 radical (unpaired) electrons. The molecule has 0 saturated carbocycles. The maximum atomic E-state index is 6.56. The van der Waals surface area contributed by atoms with Gasteiger partial charge >= 0.3 is 26.4 Å². The zero-order chi connectivity index (χ0) is 20.9. The number of hydrogen-bond donors (Lipinski definition) is 0. The molecule has 1 heterocycles. The Kier molecular flexibility index (Phi) is 9.82. The van der Waals surface area contributed by atoms with E-state index in [1.54, 1.807) is 0 Å². The summed E-state index contributed by atoms with van der Waals surface area (Å²) in [5, 5.41) is 0. The summed E-state index contributed by atoms with van der Waals surface area (Å²) in [6.07, 6.45) is 1.27. The van der Waals surface area contributed by atoms with Crippen molar-refractivity contribution in [1.82, 2.24) is 0 Å². The van der Waals surface area contributed by atoms with Crippen molar-refractivity contribution in [2.45, 2.75) is 84.0 Å². The first kappa shape index (κ1) is 25.9. The fourth-order valence-electron chi connectivity index (χ4n) is 3.19. The summed E-state index contributed by atoms with van der Waals surface area (Å²) in [4.78, 5) is 0. The fraction of sp³-hybridized carbons (Fsp3) is 1.00. The second-order valence-corrected chi connectivity index (χ2v) is 28.6. The average Bonchev–Trinajstić information content (AvgIpc) is 3.15. The fourth-order valence-corrected chi connectivity index (χ4v) is 23.8. The van der Waals surface area contributed by atoms with Gasteiger partial charge in [-0.1, -0.05) is 0 Å². The highest BCUT2D eigenvalue weighted by atomic mass is 28.5. The third kappa shape index (κ3) is 13.6. The molecule has 3 unspecified atom stereocenters. The van der Waals surface area contributed by atoms with Crippen LogP contribution in [0.5, 0.6) is 0 Å². The van der Waals surface area contributed by atoms with Crippen LogP contribution >= 0.6 is 0 Å². The van der Waals surface area contributed by atoms with Crippen molar-refractivity contribution in [2.75, 3.05) is 19.8 Å². The minimum atomic E-state index is -2.30. The van der Waals surface area contributed by atoms with E-state index in [0.29, 0.717) is 12.7 Å². The maximum Gasteiger partial charge on any atom is 0.315 e. The first-order valence-corrected chi connectivity index (χ1v) is 24.3. The van der Waals surface area contributed by atoms with E-state index in [9.17, 15) is 0 Å². The summed E-state index contributed by atoms with van der Waals surface area (Å²) in [6.45, 7) is 24.1. The third-order valence-electron chi connectivity index (χ3n) is 3.56. The average molecular weight is 471 g/mol. The van der Waals surface area contributed by atoms with E-state index in [1.807, 2.05) is 0 Å².